The number of piperidine rings is 1. The molecule has 8 heteroatoms. The summed E-state index contributed by atoms with van der Waals surface area (Å²) in [4.78, 5) is 11.3. The monoisotopic (exact) mass is 562 g/mol. The SMILES string of the molecule is CN=C(NCc1nccn1Cc1ccccc1)NC1CCN(Cc2ccc(F)cc2)CC1.I. The van der Waals surface area contributed by atoms with Gasteiger partial charge in [0.25, 0.3) is 0 Å². The van der Waals surface area contributed by atoms with Gasteiger partial charge in [0.05, 0.1) is 6.54 Å². The smallest absolute Gasteiger partial charge is 0.191 e. The molecule has 0 saturated carbocycles. The number of aromatic nitrogens is 2. The average Bonchev–Trinajstić information content (AvgIpc) is 3.26. The minimum atomic E-state index is -0.182. The first-order chi connectivity index (χ1) is 15.7. The zero-order valence-electron chi connectivity index (χ0n) is 19.0. The molecule has 0 atom stereocenters. The molecule has 6 nitrogen and oxygen atoms in total. The molecular weight excluding hydrogens is 530 g/mol. The van der Waals surface area contributed by atoms with Crippen LogP contribution in [0.1, 0.15) is 29.8 Å². The van der Waals surface area contributed by atoms with E-state index in [1.165, 1.54) is 17.7 Å². The predicted molar refractivity (Wildman–Crippen MR) is 141 cm³/mol. The summed E-state index contributed by atoms with van der Waals surface area (Å²) >= 11 is 0. The molecule has 2 aromatic carbocycles. The summed E-state index contributed by atoms with van der Waals surface area (Å²) in [5.41, 5.74) is 2.41. The van der Waals surface area contributed by atoms with Gasteiger partial charge in [-0.1, -0.05) is 42.5 Å². The summed E-state index contributed by atoms with van der Waals surface area (Å²) in [6.45, 7) is 4.30. The van der Waals surface area contributed by atoms with Crippen molar-refractivity contribution < 1.29 is 4.39 Å². The molecule has 3 aromatic rings. The Bertz CT molecular complexity index is 997. The Kier molecular flexibility index (Phi) is 9.68. The maximum atomic E-state index is 13.1. The van der Waals surface area contributed by atoms with Crippen molar-refractivity contribution in [1.82, 2.24) is 25.1 Å². The Morgan fingerprint density at radius 3 is 2.42 bits per heavy atom. The number of halogens is 2. The highest BCUT2D eigenvalue weighted by atomic mass is 127. The molecular formula is C25H32FIN6. The van der Waals surface area contributed by atoms with E-state index < -0.39 is 0 Å². The summed E-state index contributed by atoms with van der Waals surface area (Å²) in [6, 6.07) is 17.6. The van der Waals surface area contributed by atoms with Gasteiger partial charge in [-0.05, 0) is 36.1 Å². The lowest BCUT2D eigenvalue weighted by molar-refractivity contribution is 0.198. The zero-order chi connectivity index (χ0) is 22.2. The topological polar surface area (TPSA) is 57.5 Å². The number of benzene rings is 2. The van der Waals surface area contributed by atoms with Crippen LogP contribution < -0.4 is 10.6 Å². The van der Waals surface area contributed by atoms with Gasteiger partial charge in [0.2, 0.25) is 0 Å². The van der Waals surface area contributed by atoms with Crippen molar-refractivity contribution in [3.8, 4) is 0 Å². The Morgan fingerprint density at radius 2 is 1.73 bits per heavy atom. The lowest BCUT2D eigenvalue weighted by Gasteiger charge is -2.33. The van der Waals surface area contributed by atoms with E-state index in [9.17, 15) is 4.39 Å². The van der Waals surface area contributed by atoms with Crippen molar-refractivity contribution in [2.24, 2.45) is 4.99 Å². The molecule has 1 aliphatic rings. The fraction of sp³-hybridized carbons (Fsp3) is 0.360. The molecule has 1 saturated heterocycles. The van der Waals surface area contributed by atoms with E-state index in [0.29, 0.717) is 12.6 Å². The Labute approximate surface area is 212 Å². The summed E-state index contributed by atoms with van der Waals surface area (Å²) in [7, 11) is 1.80. The van der Waals surface area contributed by atoms with Crippen LogP contribution in [0.15, 0.2) is 72.0 Å². The summed E-state index contributed by atoms with van der Waals surface area (Å²) in [5, 5.41) is 6.96. The van der Waals surface area contributed by atoms with Gasteiger partial charge in [-0.2, -0.15) is 0 Å². The Balaban J connectivity index is 0.00000306. The summed E-state index contributed by atoms with van der Waals surface area (Å²) < 4.78 is 15.3. The third kappa shape index (κ3) is 7.53. The van der Waals surface area contributed by atoms with Crippen LogP contribution in [0.2, 0.25) is 0 Å². The maximum Gasteiger partial charge on any atom is 0.191 e. The van der Waals surface area contributed by atoms with Crippen LogP contribution in [0.4, 0.5) is 4.39 Å². The van der Waals surface area contributed by atoms with Gasteiger partial charge in [0.1, 0.15) is 11.6 Å². The molecule has 0 spiro atoms. The van der Waals surface area contributed by atoms with E-state index in [2.05, 4.69) is 54.3 Å². The van der Waals surface area contributed by atoms with Gasteiger partial charge in [-0.25, -0.2) is 9.37 Å². The average molecular weight is 562 g/mol. The van der Waals surface area contributed by atoms with E-state index >= 15 is 0 Å². The largest absolute Gasteiger partial charge is 0.354 e. The molecule has 4 rings (SSSR count). The molecule has 1 fully saturated rings. The van der Waals surface area contributed by atoms with E-state index in [0.717, 1.165) is 56.4 Å². The van der Waals surface area contributed by atoms with Gasteiger partial charge in [-0.3, -0.25) is 9.89 Å². The molecule has 1 aliphatic heterocycles. The molecule has 33 heavy (non-hydrogen) atoms. The predicted octanol–water partition coefficient (Wildman–Crippen LogP) is 4.02. The van der Waals surface area contributed by atoms with Crippen LogP contribution in [-0.2, 0) is 19.6 Å². The maximum absolute atomic E-state index is 13.1. The molecule has 0 radical (unpaired) electrons. The number of hydrogen-bond donors (Lipinski definition) is 2. The second kappa shape index (κ2) is 12.7. The van der Waals surface area contributed by atoms with Crippen molar-refractivity contribution in [3.05, 3.63) is 89.8 Å². The van der Waals surface area contributed by atoms with Gasteiger partial charge in [0, 0.05) is 51.7 Å². The second-order valence-electron chi connectivity index (χ2n) is 8.20. The molecule has 2 N–H and O–H groups in total. The van der Waals surface area contributed by atoms with Crippen molar-refractivity contribution in [3.63, 3.8) is 0 Å². The van der Waals surface area contributed by atoms with Gasteiger partial charge < -0.3 is 15.2 Å². The van der Waals surface area contributed by atoms with Crippen LogP contribution in [0.3, 0.4) is 0 Å². The Hall–Kier alpha value is -2.46. The molecule has 0 amide bonds. The van der Waals surface area contributed by atoms with Gasteiger partial charge >= 0.3 is 0 Å². The molecule has 0 bridgehead atoms. The van der Waals surface area contributed by atoms with E-state index in [-0.39, 0.29) is 29.8 Å². The number of aliphatic imine (C=N–C) groups is 1. The first-order valence-corrected chi connectivity index (χ1v) is 11.2. The fourth-order valence-corrected chi connectivity index (χ4v) is 4.07. The van der Waals surface area contributed by atoms with Crippen molar-refractivity contribution >= 4 is 29.9 Å². The van der Waals surface area contributed by atoms with Crippen LogP contribution in [0.5, 0.6) is 0 Å². The molecule has 0 unspecified atom stereocenters. The highest BCUT2D eigenvalue weighted by Gasteiger charge is 2.20. The normalized spacial score (nSPS) is 15.2. The van der Waals surface area contributed by atoms with Crippen molar-refractivity contribution in [1.29, 1.82) is 0 Å². The molecule has 1 aromatic heterocycles. The highest BCUT2D eigenvalue weighted by Crippen LogP contribution is 2.14. The quantitative estimate of drug-likeness (QED) is 0.260. The minimum absolute atomic E-state index is 0. The second-order valence-corrected chi connectivity index (χ2v) is 8.20. The number of hydrogen-bond acceptors (Lipinski definition) is 3. The van der Waals surface area contributed by atoms with Crippen LogP contribution >= 0.6 is 24.0 Å². The van der Waals surface area contributed by atoms with E-state index in [4.69, 9.17) is 0 Å². The third-order valence-electron chi connectivity index (χ3n) is 5.88. The van der Waals surface area contributed by atoms with E-state index in [1.54, 1.807) is 7.05 Å². The lowest BCUT2D eigenvalue weighted by atomic mass is 10.0. The number of nitrogens with zero attached hydrogens (tertiary/aromatic N) is 4. The molecule has 0 aliphatic carbocycles. The number of rotatable bonds is 7. The number of guanidine groups is 1. The highest BCUT2D eigenvalue weighted by molar-refractivity contribution is 14.0. The van der Waals surface area contributed by atoms with Gasteiger partial charge in [-0.15, -0.1) is 24.0 Å². The molecule has 176 valence electrons. The third-order valence-corrected chi connectivity index (χ3v) is 5.88. The number of imidazole rings is 1. The van der Waals surface area contributed by atoms with Gasteiger partial charge in [0.15, 0.2) is 5.96 Å². The fourth-order valence-electron chi connectivity index (χ4n) is 4.07. The molecule has 2 heterocycles. The summed E-state index contributed by atoms with van der Waals surface area (Å²) in [6.07, 6.45) is 5.94. The Morgan fingerprint density at radius 1 is 1.03 bits per heavy atom. The zero-order valence-corrected chi connectivity index (χ0v) is 21.3. The first kappa shape index (κ1) is 25.2. The van der Waals surface area contributed by atoms with Crippen LogP contribution in [-0.4, -0.2) is 46.6 Å². The van der Waals surface area contributed by atoms with E-state index in [1.807, 2.05) is 30.6 Å². The standard InChI is InChI=1S/C25H31FN6.HI/c1-27-25(29-17-24-28-13-16-32(24)19-20-5-3-2-4-6-20)30-23-11-14-31(15-12-23)18-21-7-9-22(26)10-8-21;/h2-10,13,16,23H,11-12,14-15,17-19H2,1H3,(H2,27,29,30);1H. The van der Waals surface area contributed by atoms with Crippen molar-refractivity contribution in [2.75, 3.05) is 20.1 Å². The number of likely N-dealkylation sites (tertiary alicyclic amines) is 1. The lowest BCUT2D eigenvalue weighted by Crippen LogP contribution is -2.48. The number of nitrogens with one attached hydrogen (secondary N) is 2. The van der Waals surface area contributed by atoms with Crippen LogP contribution in [0, 0.1) is 5.82 Å². The van der Waals surface area contributed by atoms with Crippen LogP contribution in [0.25, 0.3) is 0 Å². The minimum Gasteiger partial charge on any atom is -0.354 e. The first-order valence-electron chi connectivity index (χ1n) is 11.2. The van der Waals surface area contributed by atoms with Crippen molar-refractivity contribution in [2.45, 2.75) is 38.5 Å². The summed E-state index contributed by atoms with van der Waals surface area (Å²) in [5.74, 6) is 1.60.